The predicted octanol–water partition coefficient (Wildman–Crippen LogP) is 5.15. The monoisotopic (exact) mass is 246 g/mol. The summed E-state index contributed by atoms with van der Waals surface area (Å²) in [5.74, 6) is 1.05. The third-order valence-corrected chi connectivity index (χ3v) is 2.98. The Hall–Kier alpha value is -1.24. The highest BCUT2D eigenvalue weighted by atomic mass is 16.5. The van der Waals surface area contributed by atoms with Gasteiger partial charge >= 0.3 is 0 Å². The van der Waals surface area contributed by atoms with E-state index in [0.29, 0.717) is 6.61 Å². The lowest BCUT2D eigenvalue weighted by Gasteiger charge is -2.09. The Kier molecular flexibility index (Phi) is 8.03. The zero-order valence-electron chi connectivity index (χ0n) is 11.8. The van der Waals surface area contributed by atoms with Gasteiger partial charge in [-0.15, -0.1) is 0 Å². The molecule has 0 amide bonds. The van der Waals surface area contributed by atoms with Crippen molar-refractivity contribution in [1.82, 2.24) is 0 Å². The number of para-hydroxylation sites is 1. The molecule has 0 saturated heterocycles. The number of hydrogen-bond acceptors (Lipinski definition) is 1. The van der Waals surface area contributed by atoms with Crippen molar-refractivity contribution in [2.45, 2.75) is 52.4 Å². The summed E-state index contributed by atoms with van der Waals surface area (Å²) >= 11 is 0. The number of allylic oxidation sites excluding steroid dienone is 1. The molecule has 18 heavy (non-hydrogen) atoms. The van der Waals surface area contributed by atoms with Crippen LogP contribution in [0, 0.1) is 0 Å². The van der Waals surface area contributed by atoms with Crippen LogP contribution >= 0.6 is 0 Å². The van der Waals surface area contributed by atoms with Crippen molar-refractivity contribution < 1.29 is 4.74 Å². The first kappa shape index (κ1) is 14.8. The Bertz CT molecular complexity index is 341. The third-order valence-electron chi connectivity index (χ3n) is 2.98. The van der Waals surface area contributed by atoms with Gasteiger partial charge in [-0.3, -0.25) is 0 Å². The van der Waals surface area contributed by atoms with Gasteiger partial charge in [0.15, 0.2) is 0 Å². The zero-order valence-corrected chi connectivity index (χ0v) is 11.8. The largest absolute Gasteiger partial charge is 0.489 e. The molecule has 100 valence electrons. The Balaban J connectivity index is 2.43. The van der Waals surface area contributed by atoms with E-state index in [1.165, 1.54) is 31.2 Å². The Morgan fingerprint density at radius 2 is 1.83 bits per heavy atom. The summed E-state index contributed by atoms with van der Waals surface area (Å²) in [5, 5.41) is 0. The molecule has 0 heterocycles. The molecule has 0 bridgehead atoms. The van der Waals surface area contributed by atoms with Crippen molar-refractivity contribution in [3.05, 3.63) is 42.0 Å². The van der Waals surface area contributed by atoms with Gasteiger partial charge in [-0.25, -0.2) is 0 Å². The molecule has 0 aliphatic heterocycles. The Morgan fingerprint density at radius 3 is 2.61 bits per heavy atom. The van der Waals surface area contributed by atoms with Crippen LogP contribution in [0.4, 0.5) is 0 Å². The smallest absolute Gasteiger partial charge is 0.122 e. The van der Waals surface area contributed by atoms with E-state index >= 15 is 0 Å². The molecule has 0 spiro atoms. The molecule has 0 N–H and O–H groups in total. The molecule has 1 nitrogen and oxygen atoms in total. The lowest BCUT2D eigenvalue weighted by Crippen LogP contribution is -1.97. The topological polar surface area (TPSA) is 9.23 Å². The van der Waals surface area contributed by atoms with Crippen LogP contribution in [0.3, 0.4) is 0 Å². The first-order valence-electron chi connectivity index (χ1n) is 7.24. The fraction of sp³-hybridized carbons (Fsp3) is 0.529. The van der Waals surface area contributed by atoms with Crippen molar-refractivity contribution in [3.63, 3.8) is 0 Å². The molecule has 0 aromatic heterocycles. The molecule has 0 aliphatic rings. The fourth-order valence-corrected chi connectivity index (χ4v) is 1.91. The summed E-state index contributed by atoms with van der Waals surface area (Å²) in [6, 6.07) is 8.41. The minimum atomic E-state index is 0.685. The van der Waals surface area contributed by atoms with Gasteiger partial charge in [-0.2, -0.15) is 0 Å². The first-order chi connectivity index (χ1) is 8.88. The van der Waals surface area contributed by atoms with Crippen molar-refractivity contribution in [2.24, 2.45) is 0 Å². The number of ether oxygens (including phenoxy) is 1. The molecule has 0 saturated carbocycles. The average molecular weight is 246 g/mol. The quantitative estimate of drug-likeness (QED) is 0.432. The summed E-state index contributed by atoms with van der Waals surface area (Å²) in [6.45, 7) is 5.11. The van der Waals surface area contributed by atoms with Crippen molar-refractivity contribution in [1.29, 1.82) is 0 Å². The van der Waals surface area contributed by atoms with E-state index in [1.807, 2.05) is 0 Å². The number of aryl methyl sites for hydroxylation is 1. The van der Waals surface area contributed by atoms with E-state index in [4.69, 9.17) is 4.74 Å². The second kappa shape index (κ2) is 9.76. The van der Waals surface area contributed by atoms with Gasteiger partial charge in [0.05, 0.1) is 0 Å². The van der Waals surface area contributed by atoms with E-state index in [2.05, 4.69) is 50.3 Å². The van der Waals surface area contributed by atoms with E-state index in [-0.39, 0.29) is 0 Å². The first-order valence-corrected chi connectivity index (χ1v) is 7.24. The zero-order chi connectivity index (χ0) is 13.1. The van der Waals surface area contributed by atoms with Crippen LogP contribution in [0.25, 0.3) is 0 Å². The van der Waals surface area contributed by atoms with Gasteiger partial charge in [0.25, 0.3) is 0 Å². The minimum Gasteiger partial charge on any atom is -0.489 e. The van der Waals surface area contributed by atoms with Gasteiger partial charge in [0, 0.05) is 0 Å². The van der Waals surface area contributed by atoms with Crippen LogP contribution in [0.2, 0.25) is 0 Å². The molecule has 1 aromatic rings. The van der Waals surface area contributed by atoms with Crippen LogP contribution in [0.15, 0.2) is 36.4 Å². The van der Waals surface area contributed by atoms with Gasteiger partial charge in [0.1, 0.15) is 12.4 Å². The van der Waals surface area contributed by atoms with E-state index < -0.39 is 0 Å². The lowest BCUT2D eigenvalue weighted by atomic mass is 10.1. The van der Waals surface area contributed by atoms with Crippen molar-refractivity contribution >= 4 is 0 Å². The highest BCUT2D eigenvalue weighted by Gasteiger charge is 2.01. The molecular weight excluding hydrogens is 220 g/mol. The second-order valence-electron chi connectivity index (χ2n) is 4.64. The maximum atomic E-state index is 5.83. The standard InChI is InChI=1S/C17H26O/c1-3-5-7-11-15-18-17-14-10-9-13-16(17)12-8-6-4-2/h7,9-11,13-14H,3-6,8,12,15H2,1-2H3/b11-7+. The summed E-state index contributed by atoms with van der Waals surface area (Å²) in [4.78, 5) is 0. The molecule has 0 aliphatic carbocycles. The highest BCUT2D eigenvalue weighted by Crippen LogP contribution is 2.20. The van der Waals surface area contributed by atoms with Gasteiger partial charge in [-0.1, -0.05) is 63.5 Å². The lowest BCUT2D eigenvalue weighted by molar-refractivity contribution is 0.358. The van der Waals surface area contributed by atoms with Crippen molar-refractivity contribution in [2.75, 3.05) is 6.61 Å². The molecule has 0 radical (unpaired) electrons. The van der Waals surface area contributed by atoms with Crippen LogP contribution in [0.5, 0.6) is 5.75 Å². The summed E-state index contributed by atoms with van der Waals surface area (Å²) in [6.07, 6.45) is 11.6. The van der Waals surface area contributed by atoms with Crippen molar-refractivity contribution in [3.8, 4) is 5.75 Å². The normalized spacial score (nSPS) is 11.0. The van der Waals surface area contributed by atoms with E-state index in [0.717, 1.165) is 18.6 Å². The second-order valence-corrected chi connectivity index (χ2v) is 4.64. The number of unbranched alkanes of at least 4 members (excludes halogenated alkanes) is 3. The number of benzene rings is 1. The Labute approximate surface area is 112 Å². The predicted molar refractivity (Wildman–Crippen MR) is 79.2 cm³/mol. The van der Waals surface area contributed by atoms with Crippen LogP contribution in [-0.4, -0.2) is 6.61 Å². The molecule has 1 heteroatoms. The molecule has 1 aromatic carbocycles. The SMILES string of the molecule is CCC/C=C/COc1ccccc1CCCCC. The fourth-order valence-electron chi connectivity index (χ4n) is 1.91. The van der Waals surface area contributed by atoms with Gasteiger partial charge < -0.3 is 4.74 Å². The summed E-state index contributed by atoms with van der Waals surface area (Å²) in [7, 11) is 0. The minimum absolute atomic E-state index is 0.685. The Morgan fingerprint density at radius 1 is 1.00 bits per heavy atom. The molecule has 0 unspecified atom stereocenters. The number of hydrogen-bond donors (Lipinski definition) is 0. The molecule has 0 atom stereocenters. The molecule has 0 fully saturated rings. The van der Waals surface area contributed by atoms with Gasteiger partial charge in [0.2, 0.25) is 0 Å². The van der Waals surface area contributed by atoms with E-state index in [9.17, 15) is 0 Å². The molecular formula is C17H26O. The number of rotatable bonds is 9. The maximum absolute atomic E-state index is 5.83. The summed E-state index contributed by atoms with van der Waals surface area (Å²) < 4.78 is 5.83. The van der Waals surface area contributed by atoms with Crippen LogP contribution < -0.4 is 4.74 Å². The summed E-state index contributed by atoms with van der Waals surface area (Å²) in [5.41, 5.74) is 1.34. The third kappa shape index (κ3) is 5.90. The maximum Gasteiger partial charge on any atom is 0.122 e. The van der Waals surface area contributed by atoms with Gasteiger partial charge in [-0.05, 0) is 30.9 Å². The van der Waals surface area contributed by atoms with Crippen LogP contribution in [-0.2, 0) is 6.42 Å². The molecule has 1 rings (SSSR count). The van der Waals surface area contributed by atoms with E-state index in [1.54, 1.807) is 0 Å². The average Bonchev–Trinajstić information content (AvgIpc) is 2.40. The highest BCUT2D eigenvalue weighted by molar-refractivity contribution is 5.33. The van der Waals surface area contributed by atoms with Crippen LogP contribution in [0.1, 0.15) is 51.5 Å².